The molecule has 33 heavy (non-hydrogen) atoms. The minimum absolute atomic E-state index is 0.263. The number of aryl methyl sites for hydroxylation is 2. The lowest BCUT2D eigenvalue weighted by atomic mass is 10.2. The summed E-state index contributed by atoms with van der Waals surface area (Å²) in [5.74, 6) is -0.765. The Balaban J connectivity index is 1.59. The first-order valence-corrected chi connectivity index (χ1v) is 11.4. The van der Waals surface area contributed by atoms with Crippen molar-refractivity contribution in [1.29, 1.82) is 0 Å². The van der Waals surface area contributed by atoms with E-state index in [0.717, 1.165) is 16.9 Å². The summed E-state index contributed by atoms with van der Waals surface area (Å²) in [7, 11) is 0. The second kappa shape index (κ2) is 9.35. The van der Waals surface area contributed by atoms with Gasteiger partial charge in [-0.1, -0.05) is 41.4 Å². The molecule has 0 spiro atoms. The lowest BCUT2D eigenvalue weighted by Crippen LogP contribution is -2.28. The molecular formula is C23H18Cl2N4O3S. The van der Waals surface area contributed by atoms with Crippen LogP contribution in [0, 0.1) is 13.8 Å². The molecule has 0 aliphatic carbocycles. The highest BCUT2D eigenvalue weighted by Crippen LogP contribution is 2.28. The van der Waals surface area contributed by atoms with E-state index in [9.17, 15) is 14.4 Å². The highest BCUT2D eigenvalue weighted by atomic mass is 35.5. The molecule has 0 atom stereocenters. The summed E-state index contributed by atoms with van der Waals surface area (Å²) in [6, 6.07) is 12.1. The molecule has 4 aromatic rings. The van der Waals surface area contributed by atoms with E-state index in [2.05, 4.69) is 15.6 Å². The molecule has 10 heteroatoms. The molecule has 0 fully saturated rings. The summed E-state index contributed by atoms with van der Waals surface area (Å²) in [6.45, 7) is 3.34. The van der Waals surface area contributed by atoms with Crippen LogP contribution in [-0.2, 0) is 11.3 Å². The van der Waals surface area contributed by atoms with E-state index in [1.54, 1.807) is 19.1 Å². The van der Waals surface area contributed by atoms with Crippen LogP contribution in [-0.4, -0.2) is 21.4 Å². The van der Waals surface area contributed by atoms with Gasteiger partial charge in [0.15, 0.2) is 0 Å². The largest absolute Gasteiger partial charge is 0.323 e. The predicted octanol–water partition coefficient (Wildman–Crippen LogP) is 5.27. The first kappa shape index (κ1) is 23.0. The minimum atomic E-state index is -0.451. The van der Waals surface area contributed by atoms with Gasteiger partial charge in [0.05, 0.1) is 27.3 Å². The van der Waals surface area contributed by atoms with Gasteiger partial charge in [-0.15, -0.1) is 11.3 Å². The van der Waals surface area contributed by atoms with Crippen LogP contribution in [0.5, 0.6) is 0 Å². The number of aromatic nitrogens is 2. The Morgan fingerprint density at radius 2 is 1.82 bits per heavy atom. The third-order valence-electron chi connectivity index (χ3n) is 5.04. The highest BCUT2D eigenvalue weighted by molar-refractivity contribution is 7.20. The maximum Gasteiger partial charge on any atom is 0.266 e. The van der Waals surface area contributed by atoms with E-state index in [-0.39, 0.29) is 17.5 Å². The molecule has 0 radical (unpaired) electrons. The fourth-order valence-electron chi connectivity index (χ4n) is 3.32. The monoisotopic (exact) mass is 500 g/mol. The van der Waals surface area contributed by atoms with E-state index in [0.29, 0.717) is 37.1 Å². The zero-order valence-corrected chi connectivity index (χ0v) is 19.9. The van der Waals surface area contributed by atoms with E-state index < -0.39 is 11.5 Å². The number of halogens is 2. The molecule has 0 saturated heterocycles. The number of anilines is 2. The Bertz CT molecular complexity index is 1460. The lowest BCUT2D eigenvalue weighted by Gasteiger charge is -2.09. The zero-order valence-electron chi connectivity index (χ0n) is 17.6. The van der Waals surface area contributed by atoms with Gasteiger partial charge in [0.1, 0.15) is 11.4 Å². The number of fused-ring (bicyclic) bond motifs is 1. The molecule has 168 valence electrons. The topological polar surface area (TPSA) is 93.1 Å². The second-order valence-corrected chi connectivity index (χ2v) is 9.20. The minimum Gasteiger partial charge on any atom is -0.323 e. The van der Waals surface area contributed by atoms with Crippen LogP contribution in [0.1, 0.15) is 20.8 Å². The fraction of sp³-hybridized carbons (Fsp3) is 0.130. The third-order valence-corrected chi connectivity index (χ3v) is 6.78. The van der Waals surface area contributed by atoms with Crippen LogP contribution in [0.25, 0.3) is 10.2 Å². The summed E-state index contributed by atoms with van der Waals surface area (Å²) in [5.41, 5.74) is 2.13. The number of benzene rings is 2. The Morgan fingerprint density at radius 3 is 2.55 bits per heavy atom. The quantitative estimate of drug-likeness (QED) is 0.390. The normalized spacial score (nSPS) is 10.9. The van der Waals surface area contributed by atoms with E-state index >= 15 is 0 Å². The number of hydrogen-bond donors (Lipinski definition) is 2. The molecular weight excluding hydrogens is 483 g/mol. The molecule has 2 aromatic heterocycles. The van der Waals surface area contributed by atoms with E-state index in [1.165, 1.54) is 17.0 Å². The fourth-order valence-corrected chi connectivity index (χ4v) is 4.81. The molecule has 2 N–H and O–H groups in total. The average molecular weight is 501 g/mol. The number of rotatable bonds is 5. The molecule has 0 aliphatic rings. The number of nitrogens with zero attached hydrogens (tertiary/aromatic N) is 2. The molecule has 2 heterocycles. The average Bonchev–Trinajstić information content (AvgIpc) is 3.11. The predicted molar refractivity (Wildman–Crippen MR) is 133 cm³/mol. The van der Waals surface area contributed by atoms with Crippen LogP contribution in [0.3, 0.4) is 0 Å². The Kier molecular flexibility index (Phi) is 6.51. The first-order valence-electron chi connectivity index (χ1n) is 9.85. The maximum absolute atomic E-state index is 13.1. The third kappa shape index (κ3) is 4.78. The summed E-state index contributed by atoms with van der Waals surface area (Å²) in [5, 5.41) is 6.58. The van der Waals surface area contributed by atoms with Crippen molar-refractivity contribution in [1.82, 2.24) is 9.55 Å². The molecule has 0 aliphatic heterocycles. The van der Waals surface area contributed by atoms with Gasteiger partial charge in [0.25, 0.3) is 11.5 Å². The number of hydrogen-bond acceptors (Lipinski definition) is 5. The van der Waals surface area contributed by atoms with Gasteiger partial charge in [-0.05, 0) is 49.2 Å². The van der Waals surface area contributed by atoms with Crippen molar-refractivity contribution in [3.63, 3.8) is 0 Å². The lowest BCUT2D eigenvalue weighted by molar-refractivity contribution is -0.116. The van der Waals surface area contributed by atoms with Gasteiger partial charge >= 0.3 is 0 Å². The first-order chi connectivity index (χ1) is 15.7. The number of para-hydroxylation sites is 1. The van der Waals surface area contributed by atoms with Crippen molar-refractivity contribution in [2.45, 2.75) is 20.4 Å². The molecule has 0 unspecified atom stereocenters. The van der Waals surface area contributed by atoms with Crippen LogP contribution in [0.15, 0.2) is 53.6 Å². The SMILES string of the molecule is Cc1ccccc1NC(=O)c1sc2ncn(CC(=O)Nc3ccc(Cl)cc3Cl)c(=O)c2c1C. The smallest absolute Gasteiger partial charge is 0.266 e. The number of nitrogens with one attached hydrogen (secondary N) is 2. The van der Waals surface area contributed by atoms with Crippen molar-refractivity contribution in [2.24, 2.45) is 0 Å². The van der Waals surface area contributed by atoms with Crippen LogP contribution in [0.4, 0.5) is 11.4 Å². The standard InChI is InChI=1S/C23H18Cl2N4O3S/c1-12-5-3-4-6-16(12)28-21(31)20-13(2)19-22(33-20)26-11-29(23(19)32)10-18(30)27-17-8-7-14(24)9-15(17)25/h3-9,11H,10H2,1-2H3,(H,27,30)(H,28,31). The molecule has 0 bridgehead atoms. The van der Waals surface area contributed by atoms with Crippen molar-refractivity contribution in [3.05, 3.63) is 85.2 Å². The number of thiophene rings is 1. The Morgan fingerprint density at radius 1 is 1.06 bits per heavy atom. The summed E-state index contributed by atoms with van der Waals surface area (Å²) in [4.78, 5) is 43.6. The summed E-state index contributed by atoms with van der Waals surface area (Å²) >= 11 is 13.1. The van der Waals surface area contributed by atoms with Gasteiger partial charge in [-0.25, -0.2) is 4.98 Å². The number of amides is 2. The van der Waals surface area contributed by atoms with Crippen LogP contribution >= 0.6 is 34.5 Å². The molecule has 4 rings (SSSR count). The van der Waals surface area contributed by atoms with Gasteiger partial charge in [0, 0.05) is 10.7 Å². The highest BCUT2D eigenvalue weighted by Gasteiger charge is 2.20. The summed E-state index contributed by atoms with van der Waals surface area (Å²) in [6.07, 6.45) is 1.30. The zero-order chi connectivity index (χ0) is 23.7. The Hall–Kier alpha value is -3.20. The number of carbonyl (C=O) groups is 2. The van der Waals surface area contributed by atoms with E-state index in [1.807, 2.05) is 31.2 Å². The van der Waals surface area contributed by atoms with Crippen molar-refractivity contribution >= 4 is 67.9 Å². The molecule has 2 amide bonds. The van der Waals surface area contributed by atoms with Crippen LogP contribution in [0.2, 0.25) is 10.0 Å². The maximum atomic E-state index is 13.1. The van der Waals surface area contributed by atoms with Crippen molar-refractivity contribution in [3.8, 4) is 0 Å². The van der Waals surface area contributed by atoms with Crippen LogP contribution < -0.4 is 16.2 Å². The van der Waals surface area contributed by atoms with Gasteiger partial charge < -0.3 is 10.6 Å². The van der Waals surface area contributed by atoms with Gasteiger partial charge in [0.2, 0.25) is 5.91 Å². The second-order valence-electron chi connectivity index (χ2n) is 7.36. The molecule has 7 nitrogen and oxygen atoms in total. The van der Waals surface area contributed by atoms with Gasteiger partial charge in [-0.3, -0.25) is 19.0 Å². The van der Waals surface area contributed by atoms with Crippen molar-refractivity contribution < 1.29 is 9.59 Å². The summed E-state index contributed by atoms with van der Waals surface area (Å²) < 4.78 is 1.20. The van der Waals surface area contributed by atoms with Gasteiger partial charge in [-0.2, -0.15) is 0 Å². The van der Waals surface area contributed by atoms with E-state index in [4.69, 9.17) is 23.2 Å². The molecule has 2 aromatic carbocycles. The molecule has 0 saturated carbocycles. The van der Waals surface area contributed by atoms with Crippen molar-refractivity contribution in [2.75, 3.05) is 10.6 Å². The number of carbonyl (C=O) groups excluding carboxylic acids is 2. The Labute approximate surface area is 203 Å².